The average Bonchev–Trinajstić information content (AvgIpc) is 3.48. The van der Waals surface area contributed by atoms with Gasteiger partial charge in [-0.1, -0.05) is 78.2 Å². The summed E-state index contributed by atoms with van der Waals surface area (Å²) in [4.78, 5) is 70.4. The van der Waals surface area contributed by atoms with Gasteiger partial charge in [0.25, 0.3) is 11.8 Å². The number of carboxylic acids is 1. The van der Waals surface area contributed by atoms with Crippen LogP contribution in [0.2, 0.25) is 0 Å². The van der Waals surface area contributed by atoms with Gasteiger partial charge in [0.1, 0.15) is 5.75 Å². The lowest BCUT2D eigenvalue weighted by atomic mass is 9.49. The Balaban J connectivity index is 1.35. The van der Waals surface area contributed by atoms with Gasteiger partial charge in [0.2, 0.25) is 11.8 Å². The van der Waals surface area contributed by atoms with Crippen LogP contribution in [0.3, 0.4) is 0 Å². The van der Waals surface area contributed by atoms with Crippen LogP contribution in [0.4, 0.5) is 5.69 Å². The zero-order valence-corrected chi connectivity index (χ0v) is 29.1. The molecule has 10 nitrogen and oxygen atoms in total. The summed E-state index contributed by atoms with van der Waals surface area (Å²) in [7, 11) is 0. The van der Waals surface area contributed by atoms with Crippen LogP contribution in [0.1, 0.15) is 72.3 Å². The number of carboxylic acid groups (broad SMARTS) is 1. The number of likely N-dealkylation sites (tertiary alicyclic amines) is 1. The first-order chi connectivity index (χ1) is 24.4. The molecule has 51 heavy (non-hydrogen) atoms. The van der Waals surface area contributed by atoms with Gasteiger partial charge in [0.05, 0.1) is 28.9 Å². The van der Waals surface area contributed by atoms with E-state index in [1.54, 1.807) is 0 Å². The third kappa shape index (κ3) is 5.52. The summed E-state index contributed by atoms with van der Waals surface area (Å²) < 4.78 is 0. The van der Waals surface area contributed by atoms with Crippen LogP contribution < -0.4 is 5.43 Å². The predicted molar refractivity (Wildman–Crippen MR) is 189 cm³/mol. The Morgan fingerprint density at radius 1 is 0.863 bits per heavy atom. The smallest absolute Gasteiger partial charge is 0.303 e. The molecule has 3 N–H and O–H groups in total. The Bertz CT molecular complexity index is 1930. The number of nitrogens with one attached hydrogen (secondary N) is 1. The van der Waals surface area contributed by atoms with E-state index in [1.165, 1.54) is 4.90 Å². The fraction of sp³-hybridized carbons (Fsp3) is 0.390. The zero-order valence-electron chi connectivity index (χ0n) is 29.1. The number of carbonyl (C=O) groups is 5. The van der Waals surface area contributed by atoms with Crippen LogP contribution in [-0.2, 0) is 29.4 Å². The molecule has 3 fully saturated rings. The SMILES string of the molecule is Cc1ccc(NN2C(=O)C3CC4C(=CCC5C(=O)N(CCCCCC(=O)O)C(=O)C54)C(c4cc(C)c(O)c(C)c4)C3(c3ccccc3)C2=O)cc1. The maximum atomic E-state index is 15.2. The second kappa shape index (κ2) is 13.1. The number of nitrogens with zero attached hydrogens (tertiary/aromatic N) is 2. The number of rotatable bonds is 10. The Morgan fingerprint density at radius 2 is 1.55 bits per heavy atom. The molecule has 2 saturated heterocycles. The molecule has 3 aromatic rings. The summed E-state index contributed by atoms with van der Waals surface area (Å²) in [6.45, 7) is 5.80. The molecule has 2 aliphatic carbocycles. The number of hydrogen-bond acceptors (Lipinski definition) is 7. The van der Waals surface area contributed by atoms with E-state index >= 15 is 4.79 Å². The van der Waals surface area contributed by atoms with E-state index in [4.69, 9.17) is 5.11 Å². The van der Waals surface area contributed by atoms with Gasteiger partial charge in [-0.25, -0.2) is 0 Å². The number of aromatic hydroxyl groups is 1. The fourth-order valence-electron chi connectivity index (χ4n) is 9.29. The van der Waals surface area contributed by atoms with Crippen LogP contribution in [-0.4, -0.2) is 56.3 Å². The first-order valence-electron chi connectivity index (χ1n) is 17.8. The number of allylic oxidation sites excluding steroid dienone is 2. The Hall–Kier alpha value is -5.25. The molecule has 3 aromatic carbocycles. The van der Waals surface area contributed by atoms with Crippen molar-refractivity contribution >= 4 is 35.3 Å². The molecule has 7 rings (SSSR count). The third-order valence-electron chi connectivity index (χ3n) is 11.6. The number of benzene rings is 3. The van der Waals surface area contributed by atoms with Gasteiger partial charge in [-0.3, -0.25) is 34.3 Å². The van der Waals surface area contributed by atoms with Crippen molar-refractivity contribution in [3.8, 4) is 5.75 Å². The van der Waals surface area contributed by atoms with Gasteiger partial charge in [-0.2, -0.15) is 5.01 Å². The standard InChI is InChI=1S/C41H43N3O7/c1-23-13-15-28(16-14-23)42-44-38(49)32-22-31-29(17-18-30-34(31)39(50)43(37(30)48)19-9-5-8-12-33(45)46)35(26-20-24(2)36(47)25(3)21-26)41(32,40(44)51)27-10-6-4-7-11-27/h4,6-7,10-11,13-17,20-21,30-32,34-35,42,47H,5,8-9,12,18-19,22H2,1-3H3,(H,45,46). The zero-order chi connectivity index (χ0) is 36.2. The highest BCUT2D eigenvalue weighted by molar-refractivity contribution is 6.13. The summed E-state index contributed by atoms with van der Waals surface area (Å²) >= 11 is 0. The number of anilines is 1. The van der Waals surface area contributed by atoms with E-state index in [2.05, 4.69) is 5.43 Å². The van der Waals surface area contributed by atoms with Crippen molar-refractivity contribution < 1.29 is 34.2 Å². The molecule has 0 spiro atoms. The summed E-state index contributed by atoms with van der Waals surface area (Å²) in [5, 5.41) is 21.0. The Kier molecular flexibility index (Phi) is 8.81. The molecule has 10 heteroatoms. The second-order valence-electron chi connectivity index (χ2n) is 14.6. The second-order valence-corrected chi connectivity index (χ2v) is 14.6. The lowest BCUT2D eigenvalue weighted by molar-refractivity contribution is -0.141. The molecule has 2 aliphatic heterocycles. The number of hydrogen-bond donors (Lipinski definition) is 3. The van der Waals surface area contributed by atoms with Crippen molar-refractivity contribution in [2.75, 3.05) is 12.0 Å². The molecule has 0 bridgehead atoms. The third-order valence-corrected chi connectivity index (χ3v) is 11.6. The molecular formula is C41H43N3O7. The van der Waals surface area contributed by atoms with Crippen molar-refractivity contribution in [2.24, 2.45) is 23.7 Å². The van der Waals surface area contributed by atoms with Crippen molar-refractivity contribution in [3.63, 3.8) is 0 Å². The Labute approximate surface area is 297 Å². The lowest BCUT2D eigenvalue weighted by Gasteiger charge is -2.50. The summed E-state index contributed by atoms with van der Waals surface area (Å²) in [6.07, 6.45) is 4.15. The lowest BCUT2D eigenvalue weighted by Crippen LogP contribution is -2.53. The topological polar surface area (TPSA) is 144 Å². The van der Waals surface area contributed by atoms with Gasteiger partial charge >= 0.3 is 5.97 Å². The molecule has 1 saturated carbocycles. The van der Waals surface area contributed by atoms with Crippen LogP contribution in [0.15, 0.2) is 78.4 Å². The van der Waals surface area contributed by atoms with Crippen LogP contribution >= 0.6 is 0 Å². The number of fused-ring (bicyclic) bond motifs is 4. The molecule has 0 aromatic heterocycles. The first kappa shape index (κ1) is 34.2. The quantitative estimate of drug-likeness (QED) is 0.135. The number of aryl methyl sites for hydroxylation is 3. The maximum Gasteiger partial charge on any atom is 0.303 e. The molecule has 4 amide bonds. The minimum Gasteiger partial charge on any atom is -0.507 e. The minimum atomic E-state index is -1.38. The number of aliphatic carboxylic acids is 1. The molecule has 4 aliphatic rings. The minimum absolute atomic E-state index is 0.0349. The summed E-state index contributed by atoms with van der Waals surface area (Å²) in [6, 6.07) is 20.6. The van der Waals surface area contributed by atoms with Crippen LogP contribution in [0, 0.1) is 44.4 Å². The van der Waals surface area contributed by atoms with Gasteiger partial charge in [-0.05, 0) is 86.8 Å². The van der Waals surface area contributed by atoms with E-state index in [0.717, 1.165) is 21.7 Å². The van der Waals surface area contributed by atoms with Crippen molar-refractivity contribution in [2.45, 2.75) is 70.6 Å². The van der Waals surface area contributed by atoms with Gasteiger partial charge in [0, 0.05) is 18.9 Å². The van der Waals surface area contributed by atoms with Gasteiger partial charge in [-0.15, -0.1) is 0 Å². The summed E-state index contributed by atoms with van der Waals surface area (Å²) in [5.41, 5.74) is 6.94. The Morgan fingerprint density at radius 3 is 2.22 bits per heavy atom. The fourth-order valence-corrected chi connectivity index (χ4v) is 9.29. The van der Waals surface area contributed by atoms with E-state index in [-0.39, 0.29) is 37.0 Å². The average molecular weight is 690 g/mol. The number of phenols is 1. The summed E-state index contributed by atoms with van der Waals surface area (Å²) in [5.74, 6) is -5.28. The molecule has 0 radical (unpaired) electrons. The highest BCUT2D eigenvalue weighted by atomic mass is 16.4. The maximum absolute atomic E-state index is 15.2. The van der Waals surface area contributed by atoms with Crippen molar-refractivity contribution in [3.05, 3.63) is 106 Å². The molecule has 2 heterocycles. The van der Waals surface area contributed by atoms with E-state index < -0.39 is 52.8 Å². The largest absolute Gasteiger partial charge is 0.507 e. The van der Waals surface area contributed by atoms with E-state index in [0.29, 0.717) is 48.1 Å². The molecule has 264 valence electrons. The number of carbonyl (C=O) groups excluding carboxylic acids is 4. The van der Waals surface area contributed by atoms with Crippen molar-refractivity contribution in [1.82, 2.24) is 9.91 Å². The van der Waals surface area contributed by atoms with Gasteiger partial charge < -0.3 is 10.2 Å². The molecular weight excluding hydrogens is 646 g/mol. The highest BCUT2D eigenvalue weighted by Crippen LogP contribution is 2.64. The molecule has 6 atom stereocenters. The molecule has 6 unspecified atom stereocenters. The number of hydrazine groups is 1. The number of phenolic OH excluding ortho intramolecular Hbond substituents is 1. The van der Waals surface area contributed by atoms with E-state index in [1.807, 2.05) is 93.6 Å². The van der Waals surface area contributed by atoms with Crippen LogP contribution in [0.25, 0.3) is 0 Å². The predicted octanol–water partition coefficient (Wildman–Crippen LogP) is 5.95. The first-order valence-corrected chi connectivity index (χ1v) is 17.8. The van der Waals surface area contributed by atoms with Crippen molar-refractivity contribution in [1.29, 1.82) is 0 Å². The normalized spacial score (nSPS) is 26.9. The van der Waals surface area contributed by atoms with Gasteiger partial charge in [0.15, 0.2) is 0 Å². The highest BCUT2D eigenvalue weighted by Gasteiger charge is 2.70. The van der Waals surface area contributed by atoms with E-state index in [9.17, 15) is 24.3 Å². The van der Waals surface area contributed by atoms with Crippen LogP contribution in [0.5, 0.6) is 5.75 Å². The number of imide groups is 2. The number of unbranched alkanes of at least 4 members (excludes halogenated alkanes) is 2. The number of amides is 4. The monoisotopic (exact) mass is 689 g/mol.